The summed E-state index contributed by atoms with van der Waals surface area (Å²) in [5.41, 5.74) is -0.350. The molecule has 0 aromatic rings. The van der Waals surface area contributed by atoms with Crippen molar-refractivity contribution in [2.24, 2.45) is 0 Å². The van der Waals surface area contributed by atoms with E-state index in [2.05, 4.69) is 32.7 Å². The fourth-order valence-corrected chi connectivity index (χ4v) is 0.995. The van der Waals surface area contributed by atoms with Gasteiger partial charge in [-0.15, -0.1) is 6.58 Å². The van der Waals surface area contributed by atoms with Gasteiger partial charge >= 0.3 is 11.9 Å². The third kappa shape index (κ3) is 20.3. The van der Waals surface area contributed by atoms with E-state index >= 15 is 0 Å². The topological polar surface area (TPSA) is 116 Å². The van der Waals surface area contributed by atoms with E-state index in [9.17, 15) is 14.7 Å². The predicted molar refractivity (Wildman–Crippen MR) is 88.4 cm³/mol. The van der Waals surface area contributed by atoms with Gasteiger partial charge in [0.1, 0.15) is 0 Å². The van der Waals surface area contributed by atoms with E-state index in [4.69, 9.17) is 14.9 Å². The monoisotopic (exact) mass is 331 g/mol. The molecule has 1 unspecified atom stereocenters. The summed E-state index contributed by atoms with van der Waals surface area (Å²) in [7, 11) is 0. The van der Waals surface area contributed by atoms with Gasteiger partial charge in [-0.25, -0.2) is 9.59 Å². The average Bonchev–Trinajstić information content (AvgIpc) is 2.40. The van der Waals surface area contributed by atoms with Crippen LogP contribution in [0.4, 0.5) is 0 Å². The molecule has 0 aliphatic heterocycles. The lowest BCUT2D eigenvalue weighted by Gasteiger charge is -2.26. The molecule has 1 atom stereocenters. The maximum absolute atomic E-state index is 9.65. The van der Waals surface area contributed by atoms with Gasteiger partial charge < -0.3 is 25.4 Å². The summed E-state index contributed by atoms with van der Waals surface area (Å²) >= 11 is 0. The van der Waals surface area contributed by atoms with Crippen LogP contribution < -0.4 is 5.32 Å². The van der Waals surface area contributed by atoms with E-state index in [-0.39, 0.29) is 11.1 Å². The number of hydrogen-bond acceptors (Lipinski definition) is 5. The van der Waals surface area contributed by atoms with Gasteiger partial charge in [-0.1, -0.05) is 6.08 Å². The van der Waals surface area contributed by atoms with Crippen LogP contribution in [0.15, 0.2) is 24.8 Å². The summed E-state index contributed by atoms with van der Waals surface area (Å²) in [5, 5.41) is 28.5. The lowest BCUT2D eigenvalue weighted by atomic mass is 10.1. The number of carboxylic acids is 2. The third-order valence-electron chi connectivity index (χ3n) is 2.38. The number of β-amino-alcohol motifs (C(OH)–C–C–N with tert-alkyl or cyclic N) is 1. The van der Waals surface area contributed by atoms with Gasteiger partial charge in [-0.3, -0.25) is 0 Å². The molecule has 4 N–H and O–H groups in total. The highest BCUT2D eigenvalue weighted by Gasteiger charge is 2.17. The maximum atomic E-state index is 9.65. The first-order chi connectivity index (χ1) is 10.3. The zero-order valence-electron chi connectivity index (χ0n) is 14.5. The lowest BCUT2D eigenvalue weighted by Crippen LogP contribution is -2.43. The molecular formula is C16H29NO6. The number of hydrogen-bond donors (Lipinski definition) is 4. The Morgan fingerprint density at radius 1 is 1.13 bits per heavy atom. The second kappa shape index (κ2) is 10.9. The first kappa shape index (κ1) is 23.6. The Morgan fingerprint density at radius 2 is 1.57 bits per heavy atom. The first-order valence-corrected chi connectivity index (χ1v) is 7.13. The Bertz CT molecular complexity index is 393. The highest BCUT2D eigenvalue weighted by atomic mass is 16.5. The van der Waals surface area contributed by atoms with Crippen molar-refractivity contribution in [1.82, 2.24) is 5.32 Å². The van der Waals surface area contributed by atoms with E-state index in [0.29, 0.717) is 25.3 Å². The fraction of sp³-hybridized carbons (Fsp3) is 0.625. The number of nitrogens with one attached hydrogen (secondary N) is 1. The van der Waals surface area contributed by atoms with Crippen LogP contribution in [0.2, 0.25) is 0 Å². The molecule has 7 nitrogen and oxygen atoms in total. The average molecular weight is 331 g/mol. The van der Waals surface area contributed by atoms with Crippen LogP contribution in [0.5, 0.6) is 0 Å². The van der Waals surface area contributed by atoms with Crippen molar-refractivity contribution in [3.8, 4) is 0 Å². The Kier molecular flexibility index (Phi) is 11.2. The third-order valence-corrected chi connectivity index (χ3v) is 2.38. The molecule has 0 bridgehead atoms. The highest BCUT2D eigenvalue weighted by molar-refractivity contribution is 5.89. The van der Waals surface area contributed by atoms with Crippen LogP contribution in [0, 0.1) is 0 Å². The SMILES string of the molecule is C=CC(C)(C)OCC(O)CNC(C)(C)C.O=C(O)/C=C/C(=O)O. The number of aliphatic hydroxyl groups excluding tert-OH is 1. The minimum atomic E-state index is -1.26. The second-order valence-corrected chi connectivity index (χ2v) is 6.41. The molecule has 0 spiro atoms. The van der Waals surface area contributed by atoms with Gasteiger partial charge in [0.15, 0.2) is 0 Å². The molecule has 7 heteroatoms. The molecule has 0 heterocycles. The van der Waals surface area contributed by atoms with Crippen molar-refractivity contribution in [2.75, 3.05) is 13.2 Å². The predicted octanol–water partition coefficient (Wildman–Crippen LogP) is 1.43. The Hall–Kier alpha value is -1.70. The number of carboxylic acid groups (broad SMARTS) is 2. The van der Waals surface area contributed by atoms with Crippen LogP contribution in [-0.4, -0.2) is 57.7 Å². The molecule has 0 rings (SSSR count). The number of ether oxygens (including phenoxy) is 1. The minimum absolute atomic E-state index is 0.0228. The van der Waals surface area contributed by atoms with Crippen LogP contribution in [0.3, 0.4) is 0 Å². The minimum Gasteiger partial charge on any atom is -0.478 e. The highest BCUT2D eigenvalue weighted by Crippen LogP contribution is 2.10. The molecule has 0 aromatic carbocycles. The standard InChI is InChI=1S/C12H25NO2.C4H4O4/c1-7-12(5,6)15-9-10(14)8-13-11(2,3)4;5-3(6)1-2-4(7)8/h7,10,13-14H,1,8-9H2,2-6H3;1-2H,(H,5,6)(H,7,8)/b;2-1+. The van der Waals surface area contributed by atoms with Crippen LogP contribution in [0.25, 0.3) is 0 Å². The van der Waals surface area contributed by atoms with E-state index in [1.807, 2.05) is 13.8 Å². The van der Waals surface area contributed by atoms with Crippen molar-refractivity contribution >= 4 is 11.9 Å². The second-order valence-electron chi connectivity index (χ2n) is 6.41. The van der Waals surface area contributed by atoms with Gasteiger partial charge in [0.25, 0.3) is 0 Å². The van der Waals surface area contributed by atoms with Crippen molar-refractivity contribution in [2.45, 2.75) is 51.9 Å². The first-order valence-electron chi connectivity index (χ1n) is 7.13. The number of carbonyl (C=O) groups is 2. The van der Waals surface area contributed by atoms with E-state index in [1.165, 1.54) is 0 Å². The van der Waals surface area contributed by atoms with Crippen LogP contribution in [-0.2, 0) is 14.3 Å². The largest absolute Gasteiger partial charge is 0.478 e. The Morgan fingerprint density at radius 3 is 1.87 bits per heavy atom. The number of aliphatic carboxylic acids is 2. The molecule has 0 saturated heterocycles. The van der Waals surface area contributed by atoms with Gasteiger partial charge in [0, 0.05) is 24.2 Å². The molecule has 0 saturated carbocycles. The van der Waals surface area contributed by atoms with Crippen LogP contribution in [0.1, 0.15) is 34.6 Å². The molecule has 0 aliphatic carbocycles. The lowest BCUT2D eigenvalue weighted by molar-refractivity contribution is -0.134. The number of aliphatic hydroxyl groups is 1. The molecule has 0 amide bonds. The summed E-state index contributed by atoms with van der Waals surface area (Å²) < 4.78 is 5.50. The van der Waals surface area contributed by atoms with E-state index in [1.54, 1.807) is 6.08 Å². The molecule has 23 heavy (non-hydrogen) atoms. The van der Waals surface area contributed by atoms with Crippen molar-refractivity contribution in [1.29, 1.82) is 0 Å². The van der Waals surface area contributed by atoms with Crippen LogP contribution >= 0.6 is 0 Å². The van der Waals surface area contributed by atoms with Gasteiger partial charge in [-0.05, 0) is 34.6 Å². The summed E-state index contributed by atoms with van der Waals surface area (Å²) in [6.07, 6.45) is 2.37. The normalized spacial score (nSPS) is 13.1. The molecule has 0 fully saturated rings. The Labute approximate surface area is 137 Å². The number of rotatable bonds is 8. The molecule has 0 aromatic heterocycles. The summed E-state index contributed by atoms with van der Waals surface area (Å²) in [5.74, 6) is -2.51. The van der Waals surface area contributed by atoms with Crippen molar-refractivity contribution in [3.63, 3.8) is 0 Å². The van der Waals surface area contributed by atoms with Gasteiger partial charge in [0.05, 0.1) is 18.3 Å². The van der Waals surface area contributed by atoms with Gasteiger partial charge in [0.2, 0.25) is 0 Å². The Balaban J connectivity index is 0. The molecule has 0 radical (unpaired) electrons. The van der Waals surface area contributed by atoms with E-state index in [0.717, 1.165) is 0 Å². The summed E-state index contributed by atoms with van der Waals surface area (Å²) in [6.45, 7) is 14.6. The molecule has 134 valence electrons. The zero-order valence-corrected chi connectivity index (χ0v) is 14.5. The van der Waals surface area contributed by atoms with Gasteiger partial charge in [-0.2, -0.15) is 0 Å². The van der Waals surface area contributed by atoms with Crippen molar-refractivity contribution < 1.29 is 29.6 Å². The quantitative estimate of drug-likeness (QED) is 0.393. The zero-order chi connectivity index (χ0) is 18.7. The molecular weight excluding hydrogens is 302 g/mol. The van der Waals surface area contributed by atoms with Crippen molar-refractivity contribution in [3.05, 3.63) is 24.8 Å². The fourth-order valence-electron chi connectivity index (χ4n) is 0.995. The smallest absolute Gasteiger partial charge is 0.328 e. The summed E-state index contributed by atoms with van der Waals surface area (Å²) in [6, 6.07) is 0. The van der Waals surface area contributed by atoms with E-state index < -0.39 is 18.0 Å². The molecule has 0 aliphatic rings. The maximum Gasteiger partial charge on any atom is 0.328 e. The summed E-state index contributed by atoms with van der Waals surface area (Å²) in [4.78, 5) is 19.1.